The lowest BCUT2D eigenvalue weighted by Gasteiger charge is -2.08. The van der Waals surface area contributed by atoms with Crippen molar-refractivity contribution in [1.82, 2.24) is 15.0 Å². The Kier molecular flexibility index (Phi) is 2.95. The Balaban J connectivity index is 2.31. The highest BCUT2D eigenvalue weighted by atomic mass is 79.9. The van der Waals surface area contributed by atoms with Crippen LogP contribution in [0.5, 0.6) is 0 Å². The molecule has 0 atom stereocenters. The maximum Gasteiger partial charge on any atom is 0.171 e. The molecular weight excluding hydrogens is 310 g/mol. The summed E-state index contributed by atoms with van der Waals surface area (Å²) in [4.78, 5) is 13.6. The summed E-state index contributed by atoms with van der Waals surface area (Å²) in [5, 5.41) is 3.13. The van der Waals surface area contributed by atoms with Crippen LogP contribution in [0.25, 0.3) is 21.7 Å². The minimum Gasteiger partial charge on any atom is -0.345 e. The minimum absolute atomic E-state index is 0.362. The quantitative estimate of drug-likeness (QED) is 0.751. The number of nitrogens with one attached hydrogen (secondary N) is 1. The van der Waals surface area contributed by atoms with E-state index >= 15 is 0 Å². The Bertz CT molecular complexity index is 686. The molecule has 1 N–H and O–H groups in total. The fraction of sp³-hybridized carbons (Fsp3) is 0.231. The second-order valence-corrected chi connectivity index (χ2v) is 6.23. The lowest BCUT2D eigenvalue weighted by Crippen LogP contribution is -1.98. The molecule has 3 rings (SSSR count). The summed E-state index contributed by atoms with van der Waals surface area (Å²) in [6.07, 6.45) is 1.92. The average molecular weight is 322 g/mol. The first-order valence-corrected chi connectivity index (χ1v) is 7.42. The van der Waals surface area contributed by atoms with Crippen LogP contribution in [0.15, 0.2) is 28.2 Å². The summed E-state index contributed by atoms with van der Waals surface area (Å²) >= 11 is 5.21. The molecule has 0 aliphatic rings. The second kappa shape index (κ2) is 4.48. The van der Waals surface area contributed by atoms with Crippen molar-refractivity contribution in [3.8, 4) is 10.7 Å². The molecule has 0 unspecified atom stereocenters. The third-order valence-electron chi connectivity index (χ3n) is 2.80. The van der Waals surface area contributed by atoms with Gasteiger partial charge >= 0.3 is 0 Å². The van der Waals surface area contributed by atoms with Gasteiger partial charge in [0.25, 0.3) is 0 Å². The Hall–Kier alpha value is -1.20. The smallest absolute Gasteiger partial charge is 0.171 e. The van der Waals surface area contributed by atoms with E-state index < -0.39 is 0 Å². The van der Waals surface area contributed by atoms with Crippen LogP contribution in [0.4, 0.5) is 0 Å². The van der Waals surface area contributed by atoms with Gasteiger partial charge in [-0.3, -0.25) is 0 Å². The van der Waals surface area contributed by atoms with Gasteiger partial charge in [0.05, 0.1) is 16.0 Å². The molecule has 0 bridgehead atoms. The molecule has 3 heterocycles. The van der Waals surface area contributed by atoms with Gasteiger partial charge in [0.1, 0.15) is 5.65 Å². The molecule has 0 amide bonds. The van der Waals surface area contributed by atoms with E-state index in [1.165, 1.54) is 0 Å². The van der Waals surface area contributed by atoms with E-state index in [1.54, 1.807) is 11.3 Å². The van der Waals surface area contributed by atoms with Crippen LogP contribution >= 0.6 is 27.3 Å². The zero-order valence-corrected chi connectivity index (χ0v) is 12.5. The highest BCUT2D eigenvalue weighted by Gasteiger charge is 2.15. The lowest BCUT2D eigenvalue weighted by molar-refractivity contribution is 0.831. The van der Waals surface area contributed by atoms with Gasteiger partial charge in [-0.1, -0.05) is 19.9 Å². The molecular formula is C13H12BrN3S. The maximum atomic E-state index is 4.73. The van der Waals surface area contributed by atoms with E-state index in [0.29, 0.717) is 5.92 Å². The summed E-state index contributed by atoms with van der Waals surface area (Å²) in [6, 6.07) is 4.07. The molecule has 0 aliphatic carbocycles. The standard InChI is InChI=1S/C13H12BrN3S/c1-7(2)11-10-8(14)6-15-13(10)17-12(16-11)9-4-3-5-18-9/h3-7H,1-2H3,(H,15,16,17). The Morgan fingerprint density at radius 2 is 2.17 bits per heavy atom. The average Bonchev–Trinajstić information content (AvgIpc) is 2.98. The molecule has 0 radical (unpaired) electrons. The zero-order valence-electron chi connectivity index (χ0n) is 10.1. The molecule has 0 aromatic carbocycles. The number of hydrogen-bond acceptors (Lipinski definition) is 3. The van der Waals surface area contributed by atoms with Crippen LogP contribution in [0.3, 0.4) is 0 Å². The van der Waals surface area contributed by atoms with Gasteiger partial charge < -0.3 is 4.98 Å². The van der Waals surface area contributed by atoms with E-state index in [9.17, 15) is 0 Å². The number of halogens is 1. The summed E-state index contributed by atoms with van der Waals surface area (Å²) in [7, 11) is 0. The third-order valence-corrected chi connectivity index (χ3v) is 4.29. The molecule has 3 aromatic rings. The van der Waals surface area contributed by atoms with Gasteiger partial charge in [0, 0.05) is 10.7 Å². The Morgan fingerprint density at radius 3 is 2.83 bits per heavy atom. The highest BCUT2D eigenvalue weighted by Crippen LogP contribution is 2.32. The van der Waals surface area contributed by atoms with Gasteiger partial charge in [0.15, 0.2) is 5.82 Å². The number of aromatic amines is 1. The number of fused-ring (bicyclic) bond motifs is 1. The fourth-order valence-electron chi connectivity index (χ4n) is 1.96. The van der Waals surface area contributed by atoms with E-state index in [4.69, 9.17) is 4.98 Å². The summed E-state index contributed by atoms with van der Waals surface area (Å²) in [5.74, 6) is 1.16. The van der Waals surface area contributed by atoms with Crippen molar-refractivity contribution in [2.75, 3.05) is 0 Å². The molecule has 92 valence electrons. The molecule has 3 nitrogen and oxygen atoms in total. The van der Waals surface area contributed by atoms with Crippen molar-refractivity contribution in [3.63, 3.8) is 0 Å². The molecule has 5 heteroatoms. The molecule has 0 fully saturated rings. The van der Waals surface area contributed by atoms with Crippen molar-refractivity contribution in [2.45, 2.75) is 19.8 Å². The summed E-state index contributed by atoms with van der Waals surface area (Å²) in [5.41, 5.74) is 1.97. The van der Waals surface area contributed by atoms with Crippen molar-refractivity contribution in [2.24, 2.45) is 0 Å². The van der Waals surface area contributed by atoms with Crippen molar-refractivity contribution in [3.05, 3.63) is 33.9 Å². The van der Waals surface area contributed by atoms with Gasteiger partial charge in [-0.15, -0.1) is 11.3 Å². The van der Waals surface area contributed by atoms with Crippen LogP contribution in [-0.4, -0.2) is 15.0 Å². The Morgan fingerprint density at radius 1 is 1.33 bits per heavy atom. The largest absolute Gasteiger partial charge is 0.345 e. The molecule has 0 aliphatic heterocycles. The van der Waals surface area contributed by atoms with E-state index in [0.717, 1.165) is 31.9 Å². The van der Waals surface area contributed by atoms with Crippen LogP contribution in [0.2, 0.25) is 0 Å². The topological polar surface area (TPSA) is 41.6 Å². The fourth-order valence-corrected chi connectivity index (χ4v) is 3.12. The van der Waals surface area contributed by atoms with E-state index in [1.807, 2.05) is 23.7 Å². The minimum atomic E-state index is 0.362. The van der Waals surface area contributed by atoms with Gasteiger partial charge in [-0.25, -0.2) is 9.97 Å². The number of hydrogen-bond donors (Lipinski definition) is 1. The monoisotopic (exact) mass is 321 g/mol. The third kappa shape index (κ3) is 1.87. The zero-order chi connectivity index (χ0) is 12.7. The molecule has 3 aromatic heterocycles. The molecule has 0 saturated carbocycles. The van der Waals surface area contributed by atoms with Crippen LogP contribution in [-0.2, 0) is 0 Å². The summed E-state index contributed by atoms with van der Waals surface area (Å²) in [6.45, 7) is 4.30. The van der Waals surface area contributed by atoms with E-state index in [-0.39, 0.29) is 0 Å². The highest BCUT2D eigenvalue weighted by molar-refractivity contribution is 9.10. The van der Waals surface area contributed by atoms with Crippen molar-refractivity contribution < 1.29 is 0 Å². The van der Waals surface area contributed by atoms with Crippen LogP contribution in [0.1, 0.15) is 25.5 Å². The van der Waals surface area contributed by atoms with Gasteiger partial charge in [-0.2, -0.15) is 0 Å². The normalized spacial score (nSPS) is 11.6. The van der Waals surface area contributed by atoms with E-state index in [2.05, 4.69) is 39.7 Å². The predicted octanol–water partition coefficient (Wildman–Crippen LogP) is 4.57. The number of thiophene rings is 1. The Labute approximate surface area is 117 Å². The van der Waals surface area contributed by atoms with Crippen LogP contribution in [0, 0.1) is 0 Å². The summed E-state index contributed by atoms with van der Waals surface area (Å²) < 4.78 is 1.03. The first-order valence-electron chi connectivity index (χ1n) is 5.75. The number of rotatable bonds is 2. The predicted molar refractivity (Wildman–Crippen MR) is 79.0 cm³/mol. The van der Waals surface area contributed by atoms with Gasteiger partial charge in [-0.05, 0) is 33.3 Å². The second-order valence-electron chi connectivity index (χ2n) is 4.42. The number of nitrogens with zero attached hydrogens (tertiary/aromatic N) is 2. The molecule has 0 spiro atoms. The maximum absolute atomic E-state index is 4.73. The number of H-pyrrole nitrogens is 1. The molecule has 18 heavy (non-hydrogen) atoms. The first kappa shape index (κ1) is 11.9. The lowest BCUT2D eigenvalue weighted by atomic mass is 10.1. The van der Waals surface area contributed by atoms with Crippen molar-refractivity contribution in [1.29, 1.82) is 0 Å². The first-order chi connectivity index (χ1) is 8.66. The number of aromatic nitrogens is 3. The molecule has 0 saturated heterocycles. The SMILES string of the molecule is CC(C)c1nc(-c2cccs2)nc2[nH]cc(Br)c12. The van der Waals surface area contributed by atoms with Crippen molar-refractivity contribution >= 4 is 38.3 Å². The van der Waals surface area contributed by atoms with Crippen LogP contribution < -0.4 is 0 Å². The van der Waals surface area contributed by atoms with Gasteiger partial charge in [0.2, 0.25) is 0 Å².